The molecule has 0 saturated heterocycles. The van der Waals surface area contributed by atoms with Gasteiger partial charge in [-0.1, -0.05) is 11.8 Å². The average molecular weight is 360 g/mol. The molecular weight excluding hydrogens is 330 g/mol. The van der Waals surface area contributed by atoms with Crippen molar-refractivity contribution in [3.05, 3.63) is 5.82 Å². The van der Waals surface area contributed by atoms with Crippen LogP contribution in [0.15, 0.2) is 5.16 Å². The van der Waals surface area contributed by atoms with Gasteiger partial charge in [0.05, 0.1) is 5.25 Å². The zero-order valence-electron chi connectivity index (χ0n) is 15.4. The molecule has 1 aromatic heterocycles. The highest BCUT2D eigenvalue weighted by Gasteiger charge is 2.55. The number of thioether (sulfide) groups is 1. The Kier molecular flexibility index (Phi) is 3.81. The highest BCUT2D eigenvalue weighted by Crippen LogP contribution is 2.61. The zero-order valence-corrected chi connectivity index (χ0v) is 16.2. The van der Waals surface area contributed by atoms with E-state index in [1.165, 1.54) is 32.1 Å². The minimum Gasteiger partial charge on any atom is -0.306 e. The molecule has 0 N–H and O–H groups in total. The quantitative estimate of drug-likeness (QED) is 0.705. The van der Waals surface area contributed by atoms with E-state index in [1.54, 1.807) is 11.8 Å². The minimum atomic E-state index is -0.00243. The van der Waals surface area contributed by atoms with E-state index in [4.69, 9.17) is 0 Å². The molecule has 136 valence electrons. The first-order valence-corrected chi connectivity index (χ1v) is 11.1. The number of carbonyl (C=O) groups excluding carboxylic acids is 1. The third-order valence-corrected chi connectivity index (χ3v) is 8.30. The van der Waals surface area contributed by atoms with Gasteiger partial charge in [0.15, 0.2) is 10.9 Å². The van der Waals surface area contributed by atoms with Crippen molar-refractivity contribution in [2.45, 2.75) is 88.1 Å². The standard InChI is InChI=1S/C20H29N3OS/c1-3-23-18(16-4-5-16)21-22-19(23)25-12(2)17(24)20-9-13-6-14(10-20)8-15(7-13)11-20/h12-16H,3-11H2,1-2H3. The van der Waals surface area contributed by atoms with E-state index >= 15 is 0 Å². The van der Waals surface area contributed by atoms with Crippen LogP contribution in [0, 0.1) is 23.2 Å². The second kappa shape index (κ2) is 5.83. The molecule has 4 bridgehead atoms. The maximum Gasteiger partial charge on any atom is 0.191 e. The fraction of sp³-hybridized carbons (Fsp3) is 0.850. The summed E-state index contributed by atoms with van der Waals surface area (Å²) < 4.78 is 2.24. The van der Waals surface area contributed by atoms with Crippen molar-refractivity contribution in [3.8, 4) is 0 Å². The van der Waals surface area contributed by atoms with Gasteiger partial charge in [-0.15, -0.1) is 10.2 Å². The second-order valence-corrected chi connectivity index (χ2v) is 10.5. The molecule has 5 aliphatic carbocycles. The largest absolute Gasteiger partial charge is 0.306 e. The smallest absolute Gasteiger partial charge is 0.191 e. The SMILES string of the molecule is CCn1c(SC(C)C(=O)C23CC4CC(CC(C4)C2)C3)nnc1C1CC1. The number of aromatic nitrogens is 3. The van der Waals surface area contributed by atoms with Crippen LogP contribution in [0.3, 0.4) is 0 Å². The van der Waals surface area contributed by atoms with E-state index in [-0.39, 0.29) is 10.7 Å². The van der Waals surface area contributed by atoms with Gasteiger partial charge in [-0.2, -0.15) is 0 Å². The van der Waals surface area contributed by atoms with Gasteiger partial charge in [0.1, 0.15) is 5.82 Å². The topological polar surface area (TPSA) is 47.8 Å². The predicted molar refractivity (Wildman–Crippen MR) is 98.6 cm³/mol. The molecule has 1 atom stereocenters. The van der Waals surface area contributed by atoms with E-state index in [0.717, 1.165) is 54.5 Å². The second-order valence-electron chi connectivity index (χ2n) is 9.18. The van der Waals surface area contributed by atoms with E-state index < -0.39 is 0 Å². The third-order valence-electron chi connectivity index (χ3n) is 7.22. The Morgan fingerprint density at radius 2 is 1.76 bits per heavy atom. The number of ketones is 1. The van der Waals surface area contributed by atoms with Crippen LogP contribution in [0.25, 0.3) is 0 Å². The van der Waals surface area contributed by atoms with E-state index in [2.05, 4.69) is 28.6 Å². The van der Waals surface area contributed by atoms with Gasteiger partial charge >= 0.3 is 0 Å². The van der Waals surface area contributed by atoms with Crippen LogP contribution >= 0.6 is 11.8 Å². The lowest BCUT2D eigenvalue weighted by molar-refractivity contribution is -0.142. The van der Waals surface area contributed by atoms with Gasteiger partial charge in [-0.05, 0) is 83.0 Å². The van der Waals surface area contributed by atoms with Crippen LogP contribution in [0.1, 0.15) is 77.0 Å². The van der Waals surface area contributed by atoms with Crippen molar-refractivity contribution < 1.29 is 4.79 Å². The molecule has 1 unspecified atom stereocenters. The molecule has 0 radical (unpaired) electrons. The molecular formula is C20H29N3OS. The first-order chi connectivity index (χ1) is 12.1. The van der Waals surface area contributed by atoms with E-state index in [0.29, 0.717) is 11.7 Å². The van der Waals surface area contributed by atoms with Crippen LogP contribution in [0.4, 0.5) is 0 Å². The summed E-state index contributed by atoms with van der Waals surface area (Å²) in [5, 5.41) is 9.83. The third kappa shape index (κ3) is 2.68. The molecule has 0 spiro atoms. The van der Waals surface area contributed by atoms with Crippen molar-refractivity contribution in [3.63, 3.8) is 0 Å². The van der Waals surface area contributed by atoms with E-state index in [9.17, 15) is 4.79 Å². The van der Waals surface area contributed by atoms with Crippen molar-refractivity contribution in [1.82, 2.24) is 14.8 Å². The molecule has 0 amide bonds. The van der Waals surface area contributed by atoms with E-state index in [1.807, 2.05) is 0 Å². The molecule has 5 saturated carbocycles. The lowest BCUT2D eigenvalue weighted by atomic mass is 9.48. The maximum absolute atomic E-state index is 13.5. The summed E-state index contributed by atoms with van der Waals surface area (Å²) in [6.45, 7) is 5.17. The van der Waals surface area contributed by atoms with Gasteiger partial charge in [-0.25, -0.2) is 0 Å². The molecule has 5 aliphatic rings. The van der Waals surface area contributed by atoms with Gasteiger partial charge < -0.3 is 4.57 Å². The highest BCUT2D eigenvalue weighted by atomic mass is 32.2. The summed E-state index contributed by atoms with van der Waals surface area (Å²) >= 11 is 1.66. The first kappa shape index (κ1) is 16.3. The Morgan fingerprint density at radius 3 is 2.28 bits per heavy atom. The molecule has 1 heterocycles. The van der Waals surface area contributed by atoms with Crippen molar-refractivity contribution in [2.24, 2.45) is 23.2 Å². The molecule has 0 aliphatic heterocycles. The fourth-order valence-corrected chi connectivity index (χ4v) is 7.49. The fourth-order valence-electron chi connectivity index (χ4n) is 6.38. The van der Waals surface area contributed by atoms with Gasteiger partial charge in [0.25, 0.3) is 0 Å². The summed E-state index contributed by atoms with van der Waals surface area (Å²) in [6.07, 6.45) is 10.1. The van der Waals surface area contributed by atoms with Crippen LogP contribution in [-0.2, 0) is 11.3 Å². The molecule has 25 heavy (non-hydrogen) atoms. The Bertz CT molecular complexity index is 658. The van der Waals surface area contributed by atoms with Crippen molar-refractivity contribution in [1.29, 1.82) is 0 Å². The molecule has 6 rings (SSSR count). The Labute approximate surface area is 154 Å². The Morgan fingerprint density at radius 1 is 1.16 bits per heavy atom. The Balaban J connectivity index is 1.34. The van der Waals surface area contributed by atoms with Crippen LogP contribution in [0.2, 0.25) is 0 Å². The molecule has 4 nitrogen and oxygen atoms in total. The minimum absolute atomic E-state index is 0.00203. The summed E-state index contributed by atoms with van der Waals surface area (Å²) in [5.41, 5.74) is -0.00243. The molecule has 5 fully saturated rings. The van der Waals surface area contributed by atoms with Crippen molar-refractivity contribution in [2.75, 3.05) is 0 Å². The summed E-state index contributed by atoms with van der Waals surface area (Å²) in [7, 11) is 0. The number of hydrogen-bond acceptors (Lipinski definition) is 4. The highest BCUT2D eigenvalue weighted by molar-refractivity contribution is 8.00. The molecule has 1 aromatic rings. The predicted octanol–water partition coefficient (Wildman–Crippen LogP) is 4.44. The Hall–Kier alpha value is -0.840. The number of hydrogen-bond donors (Lipinski definition) is 0. The van der Waals surface area contributed by atoms with Gasteiger partial charge in [-0.3, -0.25) is 4.79 Å². The molecule has 5 heteroatoms. The first-order valence-electron chi connectivity index (χ1n) is 10.2. The summed E-state index contributed by atoms with van der Waals surface area (Å²) in [6, 6.07) is 0. The monoisotopic (exact) mass is 359 g/mol. The van der Waals surface area contributed by atoms with Crippen LogP contribution < -0.4 is 0 Å². The van der Waals surface area contributed by atoms with Gasteiger partial charge in [0, 0.05) is 17.9 Å². The molecule has 0 aromatic carbocycles. The number of Topliss-reactive ketones (excluding diaryl/α,β-unsaturated/α-hetero) is 1. The average Bonchev–Trinajstić information content (AvgIpc) is 3.34. The number of carbonyl (C=O) groups is 1. The summed E-state index contributed by atoms with van der Waals surface area (Å²) in [4.78, 5) is 13.5. The number of nitrogens with zero attached hydrogens (tertiary/aromatic N) is 3. The van der Waals surface area contributed by atoms with Crippen molar-refractivity contribution >= 4 is 17.5 Å². The summed E-state index contributed by atoms with van der Waals surface area (Å²) in [5.74, 6) is 4.74. The maximum atomic E-state index is 13.5. The van der Waals surface area contributed by atoms with Crippen LogP contribution in [-0.4, -0.2) is 25.8 Å². The number of rotatable bonds is 6. The lowest BCUT2D eigenvalue weighted by Crippen LogP contribution is -2.51. The normalized spacial score (nSPS) is 37.4. The van der Waals surface area contributed by atoms with Crippen LogP contribution in [0.5, 0.6) is 0 Å². The lowest BCUT2D eigenvalue weighted by Gasteiger charge is -2.56. The zero-order chi connectivity index (χ0) is 17.2. The van der Waals surface area contributed by atoms with Gasteiger partial charge in [0.2, 0.25) is 0 Å².